The Bertz CT molecular complexity index is 673. The summed E-state index contributed by atoms with van der Waals surface area (Å²) in [6.07, 6.45) is -4.55. The Balaban J connectivity index is 2.38. The van der Waals surface area contributed by atoms with E-state index in [4.69, 9.17) is 4.74 Å². The number of hydrogen-bond acceptors (Lipinski definition) is 2. The molecular formula is C15H14F3NO2. The van der Waals surface area contributed by atoms with Crippen molar-refractivity contribution < 1.29 is 17.9 Å². The molecule has 112 valence electrons. The Morgan fingerprint density at radius 3 is 2.24 bits per heavy atom. The number of hydrogen-bond donors (Lipinski definition) is 1. The highest BCUT2D eigenvalue weighted by molar-refractivity contribution is 5.60. The minimum absolute atomic E-state index is 0.00390. The SMILES string of the molecule is CC(C)Oc1ccc(-c2cc(C(F)(F)F)cc(=O)[nH]2)cc1. The van der Waals surface area contributed by atoms with Crippen LogP contribution < -0.4 is 10.3 Å². The fourth-order valence-corrected chi connectivity index (χ4v) is 1.85. The summed E-state index contributed by atoms with van der Waals surface area (Å²) in [5.74, 6) is 0.614. The molecule has 0 unspecified atom stereocenters. The van der Waals surface area contributed by atoms with Gasteiger partial charge in [0.2, 0.25) is 5.56 Å². The zero-order valence-corrected chi connectivity index (χ0v) is 11.5. The monoisotopic (exact) mass is 297 g/mol. The van der Waals surface area contributed by atoms with E-state index in [-0.39, 0.29) is 11.8 Å². The molecule has 1 heterocycles. The lowest BCUT2D eigenvalue weighted by Gasteiger charge is -2.11. The molecule has 0 spiro atoms. The second kappa shape index (κ2) is 5.63. The van der Waals surface area contributed by atoms with E-state index in [1.165, 1.54) is 0 Å². The van der Waals surface area contributed by atoms with Gasteiger partial charge in [-0.2, -0.15) is 13.2 Å². The van der Waals surface area contributed by atoms with Crippen molar-refractivity contribution in [3.63, 3.8) is 0 Å². The maximum atomic E-state index is 12.7. The quantitative estimate of drug-likeness (QED) is 0.935. The fraction of sp³-hybridized carbons (Fsp3) is 0.267. The fourth-order valence-electron chi connectivity index (χ4n) is 1.85. The van der Waals surface area contributed by atoms with Crippen LogP contribution in [0.5, 0.6) is 5.75 Å². The minimum Gasteiger partial charge on any atom is -0.491 e. The van der Waals surface area contributed by atoms with Gasteiger partial charge in [-0.3, -0.25) is 4.79 Å². The molecule has 0 bridgehead atoms. The molecule has 0 saturated heterocycles. The van der Waals surface area contributed by atoms with Crippen LogP contribution in [0.15, 0.2) is 41.2 Å². The van der Waals surface area contributed by atoms with Crippen molar-refractivity contribution in [1.29, 1.82) is 0 Å². The van der Waals surface area contributed by atoms with Crippen molar-refractivity contribution in [3.05, 3.63) is 52.3 Å². The van der Waals surface area contributed by atoms with Crippen molar-refractivity contribution in [2.75, 3.05) is 0 Å². The third-order valence-corrected chi connectivity index (χ3v) is 2.71. The summed E-state index contributed by atoms with van der Waals surface area (Å²) in [5, 5.41) is 0. The third-order valence-electron chi connectivity index (χ3n) is 2.71. The molecule has 0 aliphatic rings. The summed E-state index contributed by atoms with van der Waals surface area (Å²) in [5.41, 5.74) is -1.16. The van der Waals surface area contributed by atoms with Gasteiger partial charge in [0, 0.05) is 11.8 Å². The van der Waals surface area contributed by atoms with Crippen LogP contribution in [0.4, 0.5) is 13.2 Å². The number of rotatable bonds is 3. The summed E-state index contributed by atoms with van der Waals surface area (Å²) < 4.78 is 43.5. The molecular weight excluding hydrogens is 283 g/mol. The number of aromatic nitrogens is 1. The maximum Gasteiger partial charge on any atom is 0.416 e. The van der Waals surface area contributed by atoms with E-state index >= 15 is 0 Å². The molecule has 1 aromatic heterocycles. The predicted octanol–water partition coefficient (Wildman–Crippen LogP) is 3.85. The van der Waals surface area contributed by atoms with E-state index in [0.717, 1.165) is 6.07 Å². The number of halogens is 3. The highest BCUT2D eigenvalue weighted by Gasteiger charge is 2.31. The number of H-pyrrole nitrogens is 1. The summed E-state index contributed by atoms with van der Waals surface area (Å²) in [4.78, 5) is 13.8. The van der Waals surface area contributed by atoms with Crippen LogP contribution in [0.25, 0.3) is 11.3 Å². The number of benzene rings is 1. The summed E-state index contributed by atoms with van der Waals surface area (Å²) in [7, 11) is 0. The van der Waals surface area contributed by atoms with Gasteiger partial charge in [-0.25, -0.2) is 0 Å². The number of nitrogens with one attached hydrogen (secondary N) is 1. The first-order valence-electron chi connectivity index (χ1n) is 6.34. The van der Waals surface area contributed by atoms with Crippen LogP contribution in [0.1, 0.15) is 19.4 Å². The number of alkyl halides is 3. The van der Waals surface area contributed by atoms with Gasteiger partial charge in [-0.05, 0) is 49.7 Å². The largest absolute Gasteiger partial charge is 0.491 e. The average molecular weight is 297 g/mol. The first-order chi connectivity index (χ1) is 9.75. The maximum absolute atomic E-state index is 12.7. The highest BCUT2D eigenvalue weighted by Crippen LogP contribution is 2.30. The minimum atomic E-state index is -4.55. The second-order valence-corrected chi connectivity index (χ2v) is 4.84. The Kier molecular flexibility index (Phi) is 4.06. The van der Waals surface area contributed by atoms with E-state index < -0.39 is 17.3 Å². The van der Waals surface area contributed by atoms with E-state index in [1.54, 1.807) is 24.3 Å². The lowest BCUT2D eigenvalue weighted by Crippen LogP contribution is -2.13. The van der Waals surface area contributed by atoms with Crippen LogP contribution in [-0.4, -0.2) is 11.1 Å². The molecule has 6 heteroatoms. The normalized spacial score (nSPS) is 11.7. The lowest BCUT2D eigenvalue weighted by atomic mass is 10.1. The molecule has 1 N–H and O–H groups in total. The molecule has 0 aliphatic heterocycles. The van der Waals surface area contributed by atoms with Crippen molar-refractivity contribution in [1.82, 2.24) is 4.98 Å². The lowest BCUT2D eigenvalue weighted by molar-refractivity contribution is -0.137. The van der Waals surface area contributed by atoms with Gasteiger partial charge in [-0.1, -0.05) is 0 Å². The first kappa shape index (κ1) is 15.2. The van der Waals surface area contributed by atoms with Gasteiger partial charge >= 0.3 is 6.18 Å². The predicted molar refractivity (Wildman–Crippen MR) is 73.3 cm³/mol. The molecule has 3 nitrogen and oxygen atoms in total. The highest BCUT2D eigenvalue weighted by atomic mass is 19.4. The Hall–Kier alpha value is -2.24. The van der Waals surface area contributed by atoms with Crippen molar-refractivity contribution in [2.45, 2.75) is 26.1 Å². The van der Waals surface area contributed by atoms with Gasteiger partial charge in [0.05, 0.1) is 11.7 Å². The molecule has 0 fully saturated rings. The Labute approximate surface area is 119 Å². The molecule has 1 aromatic carbocycles. The van der Waals surface area contributed by atoms with Crippen LogP contribution in [0, 0.1) is 0 Å². The van der Waals surface area contributed by atoms with E-state index in [9.17, 15) is 18.0 Å². The Morgan fingerprint density at radius 2 is 1.71 bits per heavy atom. The molecule has 21 heavy (non-hydrogen) atoms. The van der Waals surface area contributed by atoms with E-state index in [1.807, 2.05) is 13.8 Å². The molecule has 0 amide bonds. The van der Waals surface area contributed by atoms with Crippen LogP contribution in [-0.2, 0) is 6.18 Å². The molecule has 0 atom stereocenters. The molecule has 0 radical (unpaired) electrons. The van der Waals surface area contributed by atoms with Gasteiger partial charge < -0.3 is 9.72 Å². The van der Waals surface area contributed by atoms with Gasteiger partial charge in [0.1, 0.15) is 5.75 Å². The number of ether oxygens (including phenoxy) is 1. The first-order valence-corrected chi connectivity index (χ1v) is 6.34. The topological polar surface area (TPSA) is 42.1 Å². The molecule has 2 aromatic rings. The second-order valence-electron chi connectivity index (χ2n) is 4.84. The van der Waals surface area contributed by atoms with Crippen molar-refractivity contribution in [2.24, 2.45) is 0 Å². The molecule has 0 saturated carbocycles. The summed E-state index contributed by atoms with van der Waals surface area (Å²) >= 11 is 0. The number of aromatic amines is 1. The van der Waals surface area contributed by atoms with Crippen LogP contribution >= 0.6 is 0 Å². The standard InChI is InChI=1S/C15H14F3NO2/c1-9(2)21-12-5-3-10(4-6-12)13-7-11(15(16,17)18)8-14(20)19-13/h3-9H,1-2H3,(H,19,20). The van der Waals surface area contributed by atoms with E-state index in [2.05, 4.69) is 4.98 Å². The average Bonchev–Trinajstić information content (AvgIpc) is 2.37. The van der Waals surface area contributed by atoms with Crippen molar-refractivity contribution in [3.8, 4) is 17.0 Å². The number of pyridine rings is 1. The zero-order valence-electron chi connectivity index (χ0n) is 11.5. The molecule has 2 rings (SSSR count). The van der Waals surface area contributed by atoms with Crippen LogP contribution in [0.3, 0.4) is 0 Å². The van der Waals surface area contributed by atoms with Crippen molar-refractivity contribution >= 4 is 0 Å². The van der Waals surface area contributed by atoms with Crippen LogP contribution in [0.2, 0.25) is 0 Å². The van der Waals surface area contributed by atoms with Gasteiger partial charge in [-0.15, -0.1) is 0 Å². The summed E-state index contributed by atoms with van der Waals surface area (Å²) in [6, 6.07) is 7.95. The zero-order chi connectivity index (χ0) is 15.6. The van der Waals surface area contributed by atoms with Gasteiger partial charge in [0.25, 0.3) is 0 Å². The Morgan fingerprint density at radius 1 is 1.10 bits per heavy atom. The third kappa shape index (κ3) is 3.87. The van der Waals surface area contributed by atoms with E-state index in [0.29, 0.717) is 17.4 Å². The molecule has 0 aliphatic carbocycles. The summed E-state index contributed by atoms with van der Waals surface area (Å²) in [6.45, 7) is 3.75. The van der Waals surface area contributed by atoms with Gasteiger partial charge in [0.15, 0.2) is 0 Å². The smallest absolute Gasteiger partial charge is 0.416 e.